The lowest BCUT2D eigenvalue weighted by Crippen LogP contribution is -2.08. The van der Waals surface area contributed by atoms with Crippen molar-refractivity contribution in [2.45, 2.75) is 12.3 Å². The van der Waals surface area contributed by atoms with Gasteiger partial charge in [-0.25, -0.2) is 9.50 Å². The highest BCUT2D eigenvalue weighted by molar-refractivity contribution is 6.33. The molecule has 0 bridgehead atoms. The molecule has 1 atom stereocenters. The minimum atomic E-state index is 0.431. The standard InChI is InChI=1S/C10H11ClN4/c11-8-2-1-5-15-10(8)13-9(14-15)7-3-4-12-6-7/h1-2,5,7,12H,3-4,6H2. The van der Waals surface area contributed by atoms with Gasteiger partial charge in [-0.05, 0) is 25.1 Å². The first-order valence-corrected chi connectivity index (χ1v) is 5.44. The van der Waals surface area contributed by atoms with Crippen LogP contribution in [0.25, 0.3) is 5.65 Å². The zero-order valence-electron chi connectivity index (χ0n) is 8.15. The van der Waals surface area contributed by atoms with Crippen molar-refractivity contribution in [3.63, 3.8) is 0 Å². The van der Waals surface area contributed by atoms with Crippen LogP contribution in [-0.4, -0.2) is 27.7 Å². The molecule has 3 rings (SSSR count). The number of rotatable bonds is 1. The van der Waals surface area contributed by atoms with E-state index in [0.717, 1.165) is 31.0 Å². The van der Waals surface area contributed by atoms with Gasteiger partial charge in [0, 0.05) is 18.7 Å². The quantitative estimate of drug-likeness (QED) is 0.795. The first-order chi connectivity index (χ1) is 7.34. The van der Waals surface area contributed by atoms with Gasteiger partial charge in [0.2, 0.25) is 0 Å². The summed E-state index contributed by atoms with van der Waals surface area (Å²) in [5.41, 5.74) is 0.751. The molecule has 0 spiro atoms. The average Bonchev–Trinajstić information content (AvgIpc) is 2.86. The first kappa shape index (κ1) is 9.12. The molecule has 4 nitrogen and oxygen atoms in total. The second-order valence-electron chi connectivity index (χ2n) is 3.78. The number of hydrogen-bond acceptors (Lipinski definition) is 3. The van der Waals surface area contributed by atoms with Gasteiger partial charge < -0.3 is 5.32 Å². The maximum absolute atomic E-state index is 6.04. The summed E-state index contributed by atoms with van der Waals surface area (Å²) >= 11 is 6.04. The van der Waals surface area contributed by atoms with Gasteiger partial charge in [0.25, 0.3) is 0 Å². The summed E-state index contributed by atoms with van der Waals surface area (Å²) in [4.78, 5) is 4.47. The van der Waals surface area contributed by atoms with Gasteiger partial charge in [0.1, 0.15) is 0 Å². The minimum Gasteiger partial charge on any atom is -0.316 e. The van der Waals surface area contributed by atoms with Gasteiger partial charge in [-0.3, -0.25) is 0 Å². The highest BCUT2D eigenvalue weighted by Crippen LogP contribution is 2.22. The minimum absolute atomic E-state index is 0.431. The molecule has 78 valence electrons. The molecule has 2 aromatic heterocycles. The number of fused-ring (bicyclic) bond motifs is 1. The Hall–Kier alpha value is -1.13. The Kier molecular flexibility index (Phi) is 2.11. The fraction of sp³-hybridized carbons (Fsp3) is 0.400. The summed E-state index contributed by atoms with van der Waals surface area (Å²) in [5, 5.41) is 8.40. The molecule has 1 fully saturated rings. The Morgan fingerprint density at radius 1 is 1.53 bits per heavy atom. The zero-order chi connectivity index (χ0) is 10.3. The summed E-state index contributed by atoms with van der Waals surface area (Å²) < 4.78 is 1.75. The smallest absolute Gasteiger partial charge is 0.174 e. The van der Waals surface area contributed by atoms with Gasteiger partial charge in [-0.15, -0.1) is 0 Å². The molecular formula is C10H11ClN4. The molecule has 1 N–H and O–H groups in total. The lowest BCUT2D eigenvalue weighted by molar-refractivity contribution is 0.698. The summed E-state index contributed by atoms with van der Waals surface area (Å²) in [6, 6.07) is 3.71. The third-order valence-corrected chi connectivity index (χ3v) is 3.05. The van der Waals surface area contributed by atoms with E-state index >= 15 is 0 Å². The molecule has 2 aromatic rings. The molecule has 1 aliphatic heterocycles. The molecule has 0 aromatic carbocycles. The van der Waals surface area contributed by atoms with Crippen molar-refractivity contribution >= 4 is 17.2 Å². The van der Waals surface area contributed by atoms with Gasteiger partial charge in [-0.2, -0.15) is 5.10 Å². The van der Waals surface area contributed by atoms with Crippen molar-refractivity contribution < 1.29 is 0 Å². The third-order valence-electron chi connectivity index (χ3n) is 2.76. The predicted molar refractivity (Wildman–Crippen MR) is 58.2 cm³/mol. The average molecular weight is 223 g/mol. The van der Waals surface area contributed by atoms with Crippen LogP contribution in [0.3, 0.4) is 0 Å². The van der Waals surface area contributed by atoms with E-state index in [-0.39, 0.29) is 0 Å². The van der Waals surface area contributed by atoms with Crippen molar-refractivity contribution in [2.24, 2.45) is 0 Å². The van der Waals surface area contributed by atoms with Crippen molar-refractivity contribution in [1.82, 2.24) is 19.9 Å². The Bertz CT molecular complexity index is 487. The molecule has 0 saturated carbocycles. The van der Waals surface area contributed by atoms with E-state index in [2.05, 4.69) is 15.4 Å². The van der Waals surface area contributed by atoms with Crippen molar-refractivity contribution in [3.8, 4) is 0 Å². The number of nitrogens with zero attached hydrogens (tertiary/aromatic N) is 3. The van der Waals surface area contributed by atoms with E-state index < -0.39 is 0 Å². The lowest BCUT2D eigenvalue weighted by atomic mass is 10.1. The third kappa shape index (κ3) is 1.50. The van der Waals surface area contributed by atoms with Gasteiger partial charge >= 0.3 is 0 Å². The Labute approximate surface area is 92.3 Å². The van der Waals surface area contributed by atoms with Gasteiger partial charge in [-0.1, -0.05) is 11.6 Å². The molecule has 5 heteroatoms. The number of nitrogens with one attached hydrogen (secondary N) is 1. The van der Waals surface area contributed by atoms with Crippen LogP contribution in [0, 0.1) is 0 Å². The van der Waals surface area contributed by atoms with Crippen LogP contribution in [0.15, 0.2) is 18.3 Å². The fourth-order valence-electron chi connectivity index (χ4n) is 1.94. The van der Waals surface area contributed by atoms with Crippen LogP contribution in [0.4, 0.5) is 0 Å². The van der Waals surface area contributed by atoms with E-state index in [1.807, 2.05) is 18.3 Å². The van der Waals surface area contributed by atoms with Crippen LogP contribution >= 0.6 is 11.6 Å². The molecule has 15 heavy (non-hydrogen) atoms. The number of pyridine rings is 1. The van der Waals surface area contributed by atoms with Crippen LogP contribution in [0.1, 0.15) is 18.2 Å². The summed E-state index contributed by atoms with van der Waals surface area (Å²) in [6.07, 6.45) is 2.98. The molecule has 1 saturated heterocycles. The van der Waals surface area contributed by atoms with Crippen molar-refractivity contribution in [2.75, 3.05) is 13.1 Å². The summed E-state index contributed by atoms with van der Waals surface area (Å²) in [6.45, 7) is 2.02. The van der Waals surface area contributed by atoms with Crippen LogP contribution in [0.2, 0.25) is 5.02 Å². The van der Waals surface area contributed by atoms with Crippen LogP contribution in [-0.2, 0) is 0 Å². The maximum Gasteiger partial charge on any atom is 0.174 e. The molecule has 3 heterocycles. The van der Waals surface area contributed by atoms with Crippen molar-refractivity contribution in [3.05, 3.63) is 29.2 Å². The van der Waals surface area contributed by atoms with Gasteiger partial charge in [0.15, 0.2) is 11.5 Å². The van der Waals surface area contributed by atoms with E-state index in [4.69, 9.17) is 11.6 Å². The normalized spacial score (nSPS) is 21.3. The highest BCUT2D eigenvalue weighted by Gasteiger charge is 2.21. The highest BCUT2D eigenvalue weighted by atomic mass is 35.5. The van der Waals surface area contributed by atoms with E-state index in [0.29, 0.717) is 10.9 Å². The molecule has 0 aliphatic carbocycles. The summed E-state index contributed by atoms with van der Waals surface area (Å²) in [7, 11) is 0. The Balaban J connectivity index is 2.09. The van der Waals surface area contributed by atoms with E-state index in [1.54, 1.807) is 4.52 Å². The topological polar surface area (TPSA) is 42.2 Å². The van der Waals surface area contributed by atoms with Gasteiger partial charge in [0.05, 0.1) is 5.02 Å². The zero-order valence-corrected chi connectivity index (χ0v) is 8.91. The molecule has 0 radical (unpaired) electrons. The summed E-state index contributed by atoms with van der Waals surface area (Å²) in [5.74, 6) is 1.33. The largest absolute Gasteiger partial charge is 0.316 e. The first-order valence-electron chi connectivity index (χ1n) is 5.06. The number of aromatic nitrogens is 3. The SMILES string of the molecule is Clc1cccn2nc(C3CCNC3)nc12. The molecule has 0 amide bonds. The second-order valence-corrected chi connectivity index (χ2v) is 4.19. The fourth-order valence-corrected chi connectivity index (χ4v) is 2.14. The maximum atomic E-state index is 6.04. The van der Waals surface area contributed by atoms with E-state index in [1.165, 1.54) is 0 Å². The predicted octanol–water partition coefficient (Wildman–Crippen LogP) is 1.46. The van der Waals surface area contributed by atoms with Crippen LogP contribution in [0.5, 0.6) is 0 Å². The molecular weight excluding hydrogens is 212 g/mol. The second kappa shape index (κ2) is 3.47. The van der Waals surface area contributed by atoms with E-state index in [9.17, 15) is 0 Å². The Morgan fingerprint density at radius 3 is 3.20 bits per heavy atom. The lowest BCUT2D eigenvalue weighted by Gasteiger charge is -1.99. The monoisotopic (exact) mass is 222 g/mol. The molecule has 1 aliphatic rings. The Morgan fingerprint density at radius 2 is 2.47 bits per heavy atom. The number of halogens is 1. The number of hydrogen-bond donors (Lipinski definition) is 1. The van der Waals surface area contributed by atoms with Crippen molar-refractivity contribution in [1.29, 1.82) is 0 Å². The molecule has 1 unspecified atom stereocenters. The van der Waals surface area contributed by atoms with Crippen LogP contribution < -0.4 is 5.32 Å².